The van der Waals surface area contributed by atoms with E-state index < -0.39 is 42.5 Å². The molecule has 0 saturated carbocycles. The number of hydrogen-bond acceptors (Lipinski definition) is 6. The molecule has 1 aromatic carbocycles. The Bertz CT molecular complexity index is 747. The Morgan fingerprint density at radius 1 is 1.25 bits per heavy atom. The van der Waals surface area contributed by atoms with Gasteiger partial charge in [-0.25, -0.2) is 21.2 Å². The lowest BCUT2D eigenvalue weighted by Crippen LogP contribution is -2.43. The SMILES string of the molecule is CCOCCCN[C@@H]1CS(=O)(=O)C[C@H]1S(=O)(=O)c1ccc(F)cc1. The molecule has 1 saturated heterocycles. The van der Waals surface area contributed by atoms with Crippen molar-refractivity contribution in [3.63, 3.8) is 0 Å². The third-order valence-corrected chi connectivity index (χ3v) is 8.08. The molecule has 1 aromatic rings. The highest BCUT2D eigenvalue weighted by atomic mass is 32.2. The summed E-state index contributed by atoms with van der Waals surface area (Å²) in [6.45, 7) is 3.47. The summed E-state index contributed by atoms with van der Waals surface area (Å²) in [4.78, 5) is -0.0629. The van der Waals surface area contributed by atoms with Gasteiger partial charge in [-0.05, 0) is 44.2 Å². The van der Waals surface area contributed by atoms with Crippen molar-refractivity contribution >= 4 is 19.7 Å². The maximum Gasteiger partial charge on any atom is 0.183 e. The maximum absolute atomic E-state index is 13.0. The maximum atomic E-state index is 13.0. The predicted molar refractivity (Wildman–Crippen MR) is 88.9 cm³/mol. The molecular formula is C15H22FNO5S2. The van der Waals surface area contributed by atoms with E-state index in [-0.39, 0.29) is 10.6 Å². The van der Waals surface area contributed by atoms with Crippen molar-refractivity contribution in [1.29, 1.82) is 0 Å². The van der Waals surface area contributed by atoms with Crippen LogP contribution in [0.4, 0.5) is 4.39 Å². The quantitative estimate of drug-likeness (QED) is 0.530. The Hall–Kier alpha value is -1.03. The van der Waals surface area contributed by atoms with E-state index in [0.717, 1.165) is 12.1 Å². The Balaban J connectivity index is 2.13. The molecule has 136 valence electrons. The molecule has 2 atom stereocenters. The second-order valence-electron chi connectivity index (χ2n) is 5.73. The molecular weight excluding hydrogens is 357 g/mol. The molecule has 9 heteroatoms. The molecule has 1 fully saturated rings. The first-order chi connectivity index (χ1) is 11.3. The van der Waals surface area contributed by atoms with Gasteiger partial charge in [0.05, 0.1) is 21.7 Å². The number of hydrogen-bond donors (Lipinski definition) is 1. The van der Waals surface area contributed by atoms with E-state index in [0.29, 0.717) is 26.2 Å². The fraction of sp³-hybridized carbons (Fsp3) is 0.600. The largest absolute Gasteiger partial charge is 0.382 e. The van der Waals surface area contributed by atoms with E-state index >= 15 is 0 Å². The minimum atomic E-state index is -3.86. The summed E-state index contributed by atoms with van der Waals surface area (Å²) in [5, 5.41) is 1.95. The van der Waals surface area contributed by atoms with Crippen LogP contribution >= 0.6 is 0 Å². The van der Waals surface area contributed by atoms with Crippen LogP contribution in [0, 0.1) is 5.82 Å². The van der Waals surface area contributed by atoms with Gasteiger partial charge in [-0.1, -0.05) is 0 Å². The van der Waals surface area contributed by atoms with Gasteiger partial charge in [0.2, 0.25) is 0 Å². The number of ether oxygens (including phenoxy) is 1. The summed E-state index contributed by atoms with van der Waals surface area (Å²) in [7, 11) is -7.30. The number of halogens is 1. The standard InChI is InChI=1S/C15H22FNO5S2/c1-2-22-9-3-8-17-14-10-23(18,19)11-15(14)24(20,21)13-6-4-12(16)5-7-13/h4-7,14-15,17H,2-3,8-11H2,1H3/t14-,15-/m1/s1. The zero-order valence-electron chi connectivity index (χ0n) is 13.4. The highest BCUT2D eigenvalue weighted by Gasteiger charge is 2.45. The lowest BCUT2D eigenvalue weighted by Gasteiger charge is -2.20. The fourth-order valence-electron chi connectivity index (χ4n) is 2.72. The monoisotopic (exact) mass is 379 g/mol. The fourth-order valence-corrected chi connectivity index (χ4v) is 7.43. The molecule has 0 aromatic heterocycles. The minimum absolute atomic E-state index is 0.0629. The first-order valence-corrected chi connectivity index (χ1v) is 11.1. The molecule has 2 rings (SSSR count). The van der Waals surface area contributed by atoms with Gasteiger partial charge < -0.3 is 10.1 Å². The topological polar surface area (TPSA) is 89.5 Å². The summed E-state index contributed by atoms with van der Waals surface area (Å²) in [5.74, 6) is -1.18. The Labute approximate surface area is 142 Å². The second kappa shape index (κ2) is 7.90. The van der Waals surface area contributed by atoms with Crippen molar-refractivity contribution in [2.24, 2.45) is 0 Å². The number of rotatable bonds is 8. The summed E-state index contributed by atoms with van der Waals surface area (Å²) in [5.41, 5.74) is 0. The van der Waals surface area contributed by atoms with Crippen molar-refractivity contribution in [3.8, 4) is 0 Å². The second-order valence-corrected chi connectivity index (χ2v) is 10.0. The van der Waals surface area contributed by atoms with Crippen molar-refractivity contribution in [2.75, 3.05) is 31.3 Å². The van der Waals surface area contributed by atoms with Crippen molar-refractivity contribution < 1.29 is 26.0 Å². The third-order valence-electron chi connectivity index (χ3n) is 3.92. The Morgan fingerprint density at radius 2 is 1.92 bits per heavy atom. The first kappa shape index (κ1) is 19.3. The van der Waals surface area contributed by atoms with Crippen molar-refractivity contribution in [2.45, 2.75) is 29.5 Å². The van der Waals surface area contributed by atoms with E-state index in [4.69, 9.17) is 4.74 Å². The van der Waals surface area contributed by atoms with Gasteiger partial charge >= 0.3 is 0 Å². The summed E-state index contributed by atoms with van der Waals surface area (Å²) >= 11 is 0. The van der Waals surface area contributed by atoms with Gasteiger partial charge in [0.15, 0.2) is 19.7 Å². The highest BCUT2D eigenvalue weighted by molar-refractivity contribution is 7.96. The van der Waals surface area contributed by atoms with Crippen molar-refractivity contribution in [3.05, 3.63) is 30.1 Å². The molecule has 6 nitrogen and oxygen atoms in total. The zero-order chi connectivity index (χ0) is 17.8. The molecule has 24 heavy (non-hydrogen) atoms. The van der Waals surface area contributed by atoms with E-state index in [1.54, 1.807) is 0 Å². The van der Waals surface area contributed by atoms with Crippen LogP contribution in [0.25, 0.3) is 0 Å². The zero-order valence-corrected chi connectivity index (χ0v) is 15.1. The molecule has 0 amide bonds. The Morgan fingerprint density at radius 3 is 2.54 bits per heavy atom. The molecule has 0 spiro atoms. The normalized spacial score (nSPS) is 23.4. The van der Waals surface area contributed by atoms with Crippen LogP contribution in [-0.4, -0.2) is 59.4 Å². The summed E-state index contributed by atoms with van der Waals surface area (Å²) < 4.78 is 67.5. The van der Waals surface area contributed by atoms with Crippen molar-refractivity contribution in [1.82, 2.24) is 5.32 Å². The van der Waals surface area contributed by atoms with Crippen LogP contribution in [0.3, 0.4) is 0 Å². The van der Waals surface area contributed by atoms with E-state index in [1.807, 2.05) is 6.92 Å². The Kier molecular flexibility index (Phi) is 6.35. The summed E-state index contributed by atoms with van der Waals surface area (Å²) in [6, 6.07) is 3.78. The lowest BCUT2D eigenvalue weighted by molar-refractivity contribution is 0.144. The molecule has 0 radical (unpaired) electrons. The van der Waals surface area contributed by atoms with Crippen LogP contribution in [-0.2, 0) is 24.4 Å². The van der Waals surface area contributed by atoms with Crippen LogP contribution in [0.1, 0.15) is 13.3 Å². The molecule has 0 aliphatic carbocycles. The van der Waals surface area contributed by atoms with Crippen LogP contribution in [0.2, 0.25) is 0 Å². The van der Waals surface area contributed by atoms with Gasteiger partial charge in [0.1, 0.15) is 5.82 Å². The average Bonchev–Trinajstić information content (AvgIpc) is 2.83. The number of nitrogens with one attached hydrogen (secondary N) is 1. The van der Waals surface area contributed by atoms with Gasteiger partial charge in [-0.15, -0.1) is 0 Å². The number of benzene rings is 1. The van der Waals surface area contributed by atoms with Gasteiger partial charge in [-0.3, -0.25) is 0 Å². The molecule has 1 aliphatic heterocycles. The average molecular weight is 379 g/mol. The van der Waals surface area contributed by atoms with E-state index in [2.05, 4.69) is 5.32 Å². The van der Waals surface area contributed by atoms with Gasteiger partial charge in [0, 0.05) is 19.3 Å². The number of sulfone groups is 2. The minimum Gasteiger partial charge on any atom is -0.382 e. The molecule has 1 aliphatic rings. The molecule has 0 bridgehead atoms. The van der Waals surface area contributed by atoms with Gasteiger partial charge in [0.25, 0.3) is 0 Å². The predicted octanol–water partition coefficient (Wildman–Crippen LogP) is 0.781. The highest BCUT2D eigenvalue weighted by Crippen LogP contribution is 2.26. The molecule has 0 unspecified atom stereocenters. The van der Waals surface area contributed by atoms with Crippen LogP contribution in [0.5, 0.6) is 0 Å². The van der Waals surface area contributed by atoms with E-state index in [9.17, 15) is 21.2 Å². The molecule has 1 heterocycles. The van der Waals surface area contributed by atoms with Crippen LogP contribution in [0.15, 0.2) is 29.2 Å². The first-order valence-electron chi connectivity index (χ1n) is 7.77. The third kappa shape index (κ3) is 4.75. The lowest BCUT2D eigenvalue weighted by atomic mass is 10.2. The smallest absolute Gasteiger partial charge is 0.183 e. The van der Waals surface area contributed by atoms with Gasteiger partial charge in [-0.2, -0.15) is 0 Å². The van der Waals surface area contributed by atoms with Crippen LogP contribution < -0.4 is 5.32 Å². The summed E-state index contributed by atoms with van der Waals surface area (Å²) in [6.07, 6.45) is 0.660. The van der Waals surface area contributed by atoms with E-state index in [1.165, 1.54) is 12.1 Å². The molecule has 1 N–H and O–H groups in total.